The van der Waals surface area contributed by atoms with Gasteiger partial charge in [-0.25, -0.2) is 0 Å². The molecule has 3 fully saturated rings. The summed E-state index contributed by atoms with van der Waals surface area (Å²) in [5.74, 6) is 0.283. The smallest absolute Gasteiger partial charge is 0.250 e. The Morgan fingerprint density at radius 1 is 1.04 bits per heavy atom. The summed E-state index contributed by atoms with van der Waals surface area (Å²) in [6, 6.07) is 2.69. The van der Waals surface area contributed by atoms with Crippen LogP contribution in [0.2, 0.25) is 0 Å². The molecule has 1 aliphatic carbocycles. The van der Waals surface area contributed by atoms with Crippen LogP contribution in [0.15, 0.2) is 18.5 Å². The van der Waals surface area contributed by atoms with E-state index in [0.717, 1.165) is 64.6 Å². The van der Waals surface area contributed by atoms with Crippen LogP contribution in [0, 0.1) is 0 Å². The molecule has 4 rings (SSSR count). The Labute approximate surface area is 150 Å². The predicted octanol–water partition coefficient (Wildman–Crippen LogP) is 1.44. The number of hydrogen-bond donors (Lipinski definition) is 1. The maximum Gasteiger partial charge on any atom is 0.250 e. The van der Waals surface area contributed by atoms with Gasteiger partial charge in [-0.05, 0) is 51.3 Å². The molecule has 1 aromatic rings. The Bertz CT molecular complexity index is 560. The maximum atomic E-state index is 13.6. The van der Waals surface area contributed by atoms with Crippen molar-refractivity contribution in [3.63, 3.8) is 0 Å². The average Bonchev–Trinajstić information content (AvgIpc) is 3.33. The number of carbonyl (C=O) groups excluding carboxylic acids is 1. The summed E-state index contributed by atoms with van der Waals surface area (Å²) in [6.45, 7) is 5.69. The van der Waals surface area contributed by atoms with E-state index in [4.69, 9.17) is 0 Å². The summed E-state index contributed by atoms with van der Waals surface area (Å²) in [6.07, 6.45) is 11.9. The number of hydrogen-bond acceptors (Lipinski definition) is 4. The number of rotatable bonds is 3. The molecular weight excluding hydrogens is 314 g/mol. The number of amides is 1. The van der Waals surface area contributed by atoms with E-state index in [0.29, 0.717) is 0 Å². The molecule has 2 aliphatic heterocycles. The first kappa shape index (κ1) is 17.0. The lowest BCUT2D eigenvalue weighted by Crippen LogP contribution is -2.56. The van der Waals surface area contributed by atoms with Crippen LogP contribution in [0.1, 0.15) is 44.9 Å². The van der Waals surface area contributed by atoms with Gasteiger partial charge in [-0.3, -0.25) is 14.4 Å². The van der Waals surface area contributed by atoms with Crippen LogP contribution >= 0.6 is 0 Å². The lowest BCUT2D eigenvalue weighted by Gasteiger charge is -2.40. The highest BCUT2D eigenvalue weighted by atomic mass is 16.2. The van der Waals surface area contributed by atoms with Crippen LogP contribution < -0.4 is 5.32 Å². The van der Waals surface area contributed by atoms with Crippen molar-refractivity contribution in [3.8, 4) is 0 Å². The molecule has 138 valence electrons. The first-order valence-electron chi connectivity index (χ1n) is 10.0. The van der Waals surface area contributed by atoms with E-state index in [2.05, 4.69) is 20.2 Å². The molecule has 0 aromatic carbocycles. The summed E-state index contributed by atoms with van der Waals surface area (Å²) in [5.41, 5.74) is -0.489. The monoisotopic (exact) mass is 345 g/mol. The number of nitrogens with one attached hydrogen (secondary N) is 1. The van der Waals surface area contributed by atoms with Gasteiger partial charge in [0.25, 0.3) is 5.91 Å². The molecule has 1 aromatic heterocycles. The second kappa shape index (κ2) is 7.46. The van der Waals surface area contributed by atoms with E-state index in [-0.39, 0.29) is 5.91 Å². The van der Waals surface area contributed by atoms with Crippen molar-refractivity contribution < 1.29 is 4.79 Å². The van der Waals surface area contributed by atoms with Crippen LogP contribution in [0.5, 0.6) is 0 Å². The van der Waals surface area contributed by atoms with E-state index in [9.17, 15) is 4.79 Å². The van der Waals surface area contributed by atoms with Crippen molar-refractivity contribution in [2.24, 2.45) is 0 Å². The zero-order valence-corrected chi connectivity index (χ0v) is 15.2. The lowest BCUT2D eigenvalue weighted by molar-refractivity contribution is -0.143. The van der Waals surface area contributed by atoms with Gasteiger partial charge in [0.05, 0.1) is 0 Å². The third-order valence-electron chi connectivity index (χ3n) is 6.43. The van der Waals surface area contributed by atoms with Crippen molar-refractivity contribution in [2.45, 2.75) is 56.5 Å². The van der Waals surface area contributed by atoms with E-state index in [1.54, 1.807) is 6.20 Å². The van der Waals surface area contributed by atoms with Crippen molar-refractivity contribution in [1.29, 1.82) is 0 Å². The summed E-state index contributed by atoms with van der Waals surface area (Å²) in [4.78, 5) is 18.3. The van der Waals surface area contributed by atoms with Crippen molar-refractivity contribution in [1.82, 2.24) is 24.9 Å². The zero-order chi connectivity index (χ0) is 17.1. The van der Waals surface area contributed by atoms with Crippen LogP contribution in [0.4, 0.5) is 0 Å². The Morgan fingerprint density at radius 3 is 2.56 bits per heavy atom. The second-order valence-electron chi connectivity index (χ2n) is 7.85. The molecular formula is C19H31N5O. The fraction of sp³-hybridized carbons (Fsp3) is 0.789. The molecule has 0 spiro atoms. The fourth-order valence-electron chi connectivity index (χ4n) is 4.97. The zero-order valence-electron chi connectivity index (χ0n) is 15.2. The topological polar surface area (TPSA) is 53.4 Å². The predicted molar refractivity (Wildman–Crippen MR) is 97.3 cm³/mol. The molecule has 1 N–H and O–H groups in total. The van der Waals surface area contributed by atoms with E-state index in [1.165, 1.54) is 25.7 Å². The molecule has 1 amide bonds. The van der Waals surface area contributed by atoms with E-state index >= 15 is 0 Å². The quantitative estimate of drug-likeness (QED) is 0.901. The Morgan fingerprint density at radius 2 is 1.84 bits per heavy atom. The highest BCUT2D eigenvalue weighted by Crippen LogP contribution is 2.30. The minimum Gasteiger partial charge on any atom is -0.339 e. The minimum atomic E-state index is -0.489. The van der Waals surface area contributed by atoms with Crippen LogP contribution in [0.25, 0.3) is 0 Å². The maximum absolute atomic E-state index is 13.6. The fourth-order valence-corrected chi connectivity index (χ4v) is 4.97. The molecule has 0 unspecified atom stereocenters. The summed E-state index contributed by atoms with van der Waals surface area (Å²) >= 11 is 0. The molecule has 0 atom stereocenters. The van der Waals surface area contributed by atoms with Crippen LogP contribution in [0.3, 0.4) is 0 Å². The van der Waals surface area contributed by atoms with Crippen molar-refractivity contribution >= 4 is 5.91 Å². The van der Waals surface area contributed by atoms with Gasteiger partial charge in [0.1, 0.15) is 5.54 Å². The van der Waals surface area contributed by atoms with Gasteiger partial charge in [-0.15, -0.1) is 0 Å². The first-order chi connectivity index (χ1) is 12.3. The van der Waals surface area contributed by atoms with Crippen LogP contribution in [-0.4, -0.2) is 70.8 Å². The Kier molecular flexibility index (Phi) is 5.08. The molecule has 3 heterocycles. The third kappa shape index (κ3) is 3.34. The molecule has 25 heavy (non-hydrogen) atoms. The van der Waals surface area contributed by atoms with Gasteiger partial charge in [0.15, 0.2) is 0 Å². The normalized spacial score (nSPS) is 25.8. The van der Waals surface area contributed by atoms with Gasteiger partial charge < -0.3 is 10.2 Å². The Balaban J connectivity index is 1.48. The largest absolute Gasteiger partial charge is 0.339 e. The summed E-state index contributed by atoms with van der Waals surface area (Å²) in [7, 11) is 0. The molecule has 6 nitrogen and oxygen atoms in total. The number of carbonyl (C=O) groups is 1. The third-order valence-corrected chi connectivity index (χ3v) is 6.43. The molecule has 2 saturated heterocycles. The van der Waals surface area contributed by atoms with E-state index in [1.807, 2.05) is 16.9 Å². The molecule has 0 radical (unpaired) electrons. The molecule has 1 saturated carbocycles. The molecule has 0 bridgehead atoms. The van der Waals surface area contributed by atoms with Crippen molar-refractivity contribution in [3.05, 3.63) is 18.5 Å². The summed E-state index contributed by atoms with van der Waals surface area (Å²) < 4.78 is 1.93. The van der Waals surface area contributed by atoms with Gasteiger partial charge in [0, 0.05) is 44.6 Å². The van der Waals surface area contributed by atoms with E-state index < -0.39 is 5.54 Å². The van der Waals surface area contributed by atoms with Gasteiger partial charge in [-0.1, -0.05) is 12.8 Å². The van der Waals surface area contributed by atoms with Gasteiger partial charge in [0.2, 0.25) is 0 Å². The van der Waals surface area contributed by atoms with Gasteiger partial charge >= 0.3 is 0 Å². The number of aromatic nitrogens is 2. The highest BCUT2D eigenvalue weighted by molar-refractivity contribution is 5.84. The lowest BCUT2D eigenvalue weighted by atomic mass is 9.86. The highest BCUT2D eigenvalue weighted by Gasteiger charge is 2.44. The molecule has 6 heteroatoms. The molecule has 3 aliphatic rings. The average molecular weight is 345 g/mol. The minimum absolute atomic E-state index is 0.283. The van der Waals surface area contributed by atoms with Gasteiger partial charge in [-0.2, -0.15) is 5.10 Å². The van der Waals surface area contributed by atoms with Crippen molar-refractivity contribution in [2.75, 3.05) is 39.3 Å². The Hall–Kier alpha value is -1.40. The number of nitrogens with zero attached hydrogens (tertiary/aromatic N) is 4. The SMILES string of the molecule is O=C(N1CCCN(C2CCCC2)CC1)C1(n2cccn2)CCNCC1. The van der Waals surface area contributed by atoms with Crippen LogP contribution in [-0.2, 0) is 10.3 Å². The number of piperidine rings is 1. The standard InChI is InChI=1S/C19H31N5O/c25-18(19(7-10-20-11-8-19)24-14-3-9-21-24)23-13-4-12-22(15-16-23)17-5-1-2-6-17/h3,9,14,17,20H,1-2,4-8,10-13,15-16H2. The first-order valence-corrected chi connectivity index (χ1v) is 10.0. The summed E-state index contributed by atoms with van der Waals surface area (Å²) in [5, 5.41) is 7.86. The second-order valence-corrected chi connectivity index (χ2v) is 7.85.